The molecule has 0 aromatic carbocycles. The molecule has 2 atom stereocenters. The van der Waals surface area contributed by atoms with Crippen LogP contribution in [0.3, 0.4) is 0 Å². The van der Waals surface area contributed by atoms with Crippen LogP contribution in [0.5, 0.6) is 0 Å². The minimum atomic E-state index is 0.586. The van der Waals surface area contributed by atoms with Crippen molar-refractivity contribution in [3.63, 3.8) is 0 Å². The zero-order valence-corrected chi connectivity index (χ0v) is 11.5. The summed E-state index contributed by atoms with van der Waals surface area (Å²) in [7, 11) is 0. The van der Waals surface area contributed by atoms with E-state index in [1.165, 1.54) is 19.3 Å². The lowest BCUT2D eigenvalue weighted by Gasteiger charge is -2.25. The molecule has 0 radical (unpaired) electrons. The molecule has 0 fully saturated rings. The van der Waals surface area contributed by atoms with Crippen molar-refractivity contribution < 1.29 is 0 Å². The fourth-order valence-corrected chi connectivity index (χ4v) is 2.13. The van der Waals surface area contributed by atoms with E-state index in [2.05, 4.69) is 12.2 Å². The first kappa shape index (κ1) is 16.8. The number of hydrogen-bond acceptors (Lipinski definition) is 4. The summed E-state index contributed by atoms with van der Waals surface area (Å²) in [4.78, 5) is 0. The van der Waals surface area contributed by atoms with Crippen molar-refractivity contribution in [1.82, 2.24) is 5.32 Å². The topological polar surface area (TPSA) is 90.1 Å². The summed E-state index contributed by atoms with van der Waals surface area (Å²) in [6, 6.07) is 0.586. The van der Waals surface area contributed by atoms with Crippen molar-refractivity contribution in [2.45, 2.75) is 51.5 Å². The molecule has 0 saturated heterocycles. The minimum absolute atomic E-state index is 0.586. The molecule has 4 nitrogen and oxygen atoms in total. The molecule has 0 aromatic rings. The standard InChI is InChI=1S/C13H32N4/c1-12(6-2-3-8-14)13(7-4-9-15)17-11-5-10-16/h12-13,17H,2-11,14-16H2,1H3. The van der Waals surface area contributed by atoms with E-state index >= 15 is 0 Å². The van der Waals surface area contributed by atoms with Crippen LogP contribution in [0.4, 0.5) is 0 Å². The monoisotopic (exact) mass is 244 g/mol. The lowest BCUT2D eigenvalue weighted by molar-refractivity contribution is 0.327. The Balaban J connectivity index is 3.86. The predicted molar refractivity (Wildman–Crippen MR) is 75.8 cm³/mol. The van der Waals surface area contributed by atoms with E-state index in [4.69, 9.17) is 17.2 Å². The first-order valence-electron chi connectivity index (χ1n) is 7.09. The van der Waals surface area contributed by atoms with E-state index in [1.54, 1.807) is 0 Å². The number of hydrogen-bond donors (Lipinski definition) is 4. The summed E-state index contributed by atoms with van der Waals surface area (Å²) >= 11 is 0. The molecule has 0 saturated carbocycles. The Hall–Kier alpha value is -0.160. The highest BCUT2D eigenvalue weighted by Crippen LogP contribution is 2.16. The van der Waals surface area contributed by atoms with E-state index in [0.717, 1.165) is 45.4 Å². The van der Waals surface area contributed by atoms with Gasteiger partial charge < -0.3 is 22.5 Å². The van der Waals surface area contributed by atoms with Crippen molar-refractivity contribution in [1.29, 1.82) is 0 Å². The van der Waals surface area contributed by atoms with E-state index in [-0.39, 0.29) is 0 Å². The SMILES string of the molecule is CC(CCCCN)C(CCCN)NCCCN. The molecule has 17 heavy (non-hydrogen) atoms. The van der Waals surface area contributed by atoms with Gasteiger partial charge in [-0.3, -0.25) is 0 Å². The van der Waals surface area contributed by atoms with Crippen molar-refractivity contribution in [3.8, 4) is 0 Å². The van der Waals surface area contributed by atoms with Gasteiger partial charge in [-0.05, 0) is 64.2 Å². The van der Waals surface area contributed by atoms with Gasteiger partial charge in [-0.15, -0.1) is 0 Å². The average molecular weight is 244 g/mol. The maximum absolute atomic E-state index is 5.59. The van der Waals surface area contributed by atoms with Crippen LogP contribution in [0.25, 0.3) is 0 Å². The summed E-state index contributed by atoms with van der Waals surface area (Å²) < 4.78 is 0. The van der Waals surface area contributed by atoms with Crippen LogP contribution in [-0.4, -0.2) is 32.2 Å². The van der Waals surface area contributed by atoms with Gasteiger partial charge in [0.15, 0.2) is 0 Å². The van der Waals surface area contributed by atoms with Gasteiger partial charge in [0, 0.05) is 6.04 Å². The van der Waals surface area contributed by atoms with Crippen molar-refractivity contribution >= 4 is 0 Å². The van der Waals surface area contributed by atoms with Gasteiger partial charge in [-0.1, -0.05) is 13.3 Å². The molecule has 0 bridgehead atoms. The van der Waals surface area contributed by atoms with Crippen LogP contribution < -0.4 is 22.5 Å². The number of unbranched alkanes of at least 4 members (excludes halogenated alkanes) is 1. The van der Waals surface area contributed by atoms with Crippen LogP contribution in [0.15, 0.2) is 0 Å². The molecular weight excluding hydrogens is 212 g/mol. The van der Waals surface area contributed by atoms with E-state index < -0.39 is 0 Å². The summed E-state index contributed by atoms with van der Waals surface area (Å²) in [5.41, 5.74) is 16.6. The molecule has 0 aliphatic carbocycles. The Morgan fingerprint density at radius 3 is 2.06 bits per heavy atom. The number of nitrogens with one attached hydrogen (secondary N) is 1. The minimum Gasteiger partial charge on any atom is -0.330 e. The second-order valence-corrected chi connectivity index (χ2v) is 4.90. The normalized spacial score (nSPS) is 14.8. The van der Waals surface area contributed by atoms with Crippen LogP contribution in [0.2, 0.25) is 0 Å². The largest absolute Gasteiger partial charge is 0.330 e. The molecular formula is C13H32N4. The second kappa shape index (κ2) is 12.3. The first-order chi connectivity index (χ1) is 8.26. The third-order valence-corrected chi connectivity index (χ3v) is 3.31. The smallest absolute Gasteiger partial charge is 0.00931 e. The highest BCUT2D eigenvalue weighted by Gasteiger charge is 2.15. The van der Waals surface area contributed by atoms with E-state index in [0.29, 0.717) is 12.0 Å². The molecule has 0 aliphatic heterocycles. The fourth-order valence-electron chi connectivity index (χ4n) is 2.13. The zero-order valence-electron chi connectivity index (χ0n) is 11.5. The van der Waals surface area contributed by atoms with Crippen LogP contribution >= 0.6 is 0 Å². The van der Waals surface area contributed by atoms with Gasteiger partial charge in [0.2, 0.25) is 0 Å². The molecule has 2 unspecified atom stereocenters. The van der Waals surface area contributed by atoms with Gasteiger partial charge >= 0.3 is 0 Å². The van der Waals surface area contributed by atoms with Crippen LogP contribution in [0.1, 0.15) is 45.4 Å². The number of nitrogens with two attached hydrogens (primary N) is 3. The molecule has 7 N–H and O–H groups in total. The Bertz CT molecular complexity index is 152. The zero-order chi connectivity index (χ0) is 12.9. The first-order valence-corrected chi connectivity index (χ1v) is 7.09. The maximum Gasteiger partial charge on any atom is 0.00931 e. The molecule has 0 spiro atoms. The van der Waals surface area contributed by atoms with Crippen molar-refractivity contribution in [2.75, 3.05) is 26.2 Å². The second-order valence-electron chi connectivity index (χ2n) is 4.90. The summed E-state index contributed by atoms with van der Waals surface area (Å²) in [5, 5.41) is 3.62. The number of rotatable bonds is 12. The van der Waals surface area contributed by atoms with Crippen LogP contribution in [-0.2, 0) is 0 Å². The lowest BCUT2D eigenvalue weighted by atomic mass is 9.92. The predicted octanol–water partition coefficient (Wildman–Crippen LogP) is 0.797. The van der Waals surface area contributed by atoms with Crippen molar-refractivity contribution in [3.05, 3.63) is 0 Å². The summed E-state index contributed by atoms with van der Waals surface area (Å²) in [5.74, 6) is 0.700. The van der Waals surface area contributed by atoms with Gasteiger partial charge in [0.1, 0.15) is 0 Å². The maximum atomic E-state index is 5.59. The third kappa shape index (κ3) is 9.53. The van der Waals surface area contributed by atoms with Gasteiger partial charge in [-0.2, -0.15) is 0 Å². The van der Waals surface area contributed by atoms with E-state index in [9.17, 15) is 0 Å². The lowest BCUT2D eigenvalue weighted by Crippen LogP contribution is -2.36. The molecule has 0 aliphatic rings. The van der Waals surface area contributed by atoms with E-state index in [1.807, 2.05) is 0 Å². The fraction of sp³-hybridized carbons (Fsp3) is 1.00. The van der Waals surface area contributed by atoms with Crippen LogP contribution in [0, 0.1) is 5.92 Å². The Labute approximate surface area is 107 Å². The Morgan fingerprint density at radius 2 is 1.47 bits per heavy atom. The quantitative estimate of drug-likeness (QED) is 0.382. The highest BCUT2D eigenvalue weighted by molar-refractivity contribution is 4.74. The highest BCUT2D eigenvalue weighted by atomic mass is 14.9. The van der Waals surface area contributed by atoms with Gasteiger partial charge in [0.25, 0.3) is 0 Å². The Kier molecular flexibility index (Phi) is 12.2. The molecule has 0 heterocycles. The third-order valence-electron chi connectivity index (χ3n) is 3.31. The van der Waals surface area contributed by atoms with Crippen molar-refractivity contribution in [2.24, 2.45) is 23.1 Å². The summed E-state index contributed by atoms with van der Waals surface area (Å²) in [6.07, 6.45) is 6.94. The molecule has 104 valence electrons. The Morgan fingerprint density at radius 1 is 0.824 bits per heavy atom. The van der Waals surface area contributed by atoms with Gasteiger partial charge in [-0.25, -0.2) is 0 Å². The average Bonchev–Trinajstić information content (AvgIpc) is 2.33. The summed E-state index contributed by atoms with van der Waals surface area (Å²) in [6.45, 7) is 5.70. The molecule has 4 heteroatoms. The molecule has 0 aromatic heterocycles. The molecule has 0 rings (SSSR count). The molecule has 0 amide bonds. The van der Waals surface area contributed by atoms with Gasteiger partial charge in [0.05, 0.1) is 0 Å².